The molecule has 1 unspecified atom stereocenters. The van der Waals surface area contributed by atoms with Crippen molar-refractivity contribution in [2.24, 2.45) is 0 Å². The van der Waals surface area contributed by atoms with E-state index in [9.17, 15) is 4.39 Å². The van der Waals surface area contributed by atoms with E-state index in [1.807, 2.05) is 20.0 Å². The highest BCUT2D eigenvalue weighted by atomic mass is 35.5. The topological polar surface area (TPSA) is 21.3 Å². The molecule has 0 fully saturated rings. The summed E-state index contributed by atoms with van der Waals surface area (Å²) < 4.78 is 18.7. The van der Waals surface area contributed by atoms with Crippen LogP contribution in [-0.2, 0) is 6.42 Å². The Bertz CT molecular complexity index is 630. The van der Waals surface area contributed by atoms with Crippen LogP contribution in [0.25, 0.3) is 0 Å². The number of benzene rings is 2. The van der Waals surface area contributed by atoms with E-state index in [1.54, 1.807) is 19.2 Å². The average Bonchev–Trinajstić information content (AvgIpc) is 2.48. The molecular formula is C17H19ClFNO. The lowest BCUT2D eigenvalue weighted by atomic mass is 9.97. The van der Waals surface area contributed by atoms with E-state index in [2.05, 4.69) is 17.4 Å². The van der Waals surface area contributed by atoms with Crippen molar-refractivity contribution in [1.82, 2.24) is 5.32 Å². The van der Waals surface area contributed by atoms with Gasteiger partial charge in [0.15, 0.2) is 0 Å². The number of likely N-dealkylation sites (N-methyl/N-ethyl adjacent to an activating group) is 1. The van der Waals surface area contributed by atoms with E-state index in [4.69, 9.17) is 16.3 Å². The predicted octanol–water partition coefficient (Wildman–Crippen LogP) is 4.30. The van der Waals surface area contributed by atoms with Gasteiger partial charge in [-0.25, -0.2) is 4.39 Å². The van der Waals surface area contributed by atoms with Crippen LogP contribution in [0.3, 0.4) is 0 Å². The quantitative estimate of drug-likeness (QED) is 0.889. The number of ether oxygens (including phenoxy) is 1. The molecule has 0 saturated carbocycles. The molecule has 1 atom stereocenters. The van der Waals surface area contributed by atoms with Crippen molar-refractivity contribution in [1.29, 1.82) is 0 Å². The van der Waals surface area contributed by atoms with E-state index in [0.717, 1.165) is 22.4 Å². The lowest BCUT2D eigenvalue weighted by Crippen LogP contribution is -2.19. The summed E-state index contributed by atoms with van der Waals surface area (Å²) in [5.74, 6) is 0.455. The monoisotopic (exact) mass is 307 g/mol. The molecule has 0 amide bonds. The second-order valence-corrected chi connectivity index (χ2v) is 5.45. The zero-order valence-corrected chi connectivity index (χ0v) is 13.2. The minimum absolute atomic E-state index is 0.0714. The van der Waals surface area contributed by atoms with Crippen molar-refractivity contribution in [2.45, 2.75) is 19.4 Å². The Balaban J connectivity index is 2.29. The predicted molar refractivity (Wildman–Crippen MR) is 84.6 cm³/mol. The fourth-order valence-corrected chi connectivity index (χ4v) is 2.58. The average molecular weight is 308 g/mol. The summed E-state index contributed by atoms with van der Waals surface area (Å²) in [6, 6.07) is 11.0. The van der Waals surface area contributed by atoms with Crippen molar-refractivity contribution in [3.8, 4) is 5.75 Å². The Morgan fingerprint density at radius 3 is 2.62 bits per heavy atom. The van der Waals surface area contributed by atoms with Crippen LogP contribution in [-0.4, -0.2) is 14.2 Å². The lowest BCUT2D eigenvalue weighted by molar-refractivity contribution is 0.401. The van der Waals surface area contributed by atoms with Gasteiger partial charge in [-0.1, -0.05) is 29.8 Å². The first kappa shape index (κ1) is 15.8. The van der Waals surface area contributed by atoms with Crippen molar-refractivity contribution in [3.05, 3.63) is 63.9 Å². The third-order valence-corrected chi connectivity index (χ3v) is 3.83. The maximum absolute atomic E-state index is 13.2. The van der Waals surface area contributed by atoms with E-state index < -0.39 is 5.82 Å². The van der Waals surface area contributed by atoms with E-state index in [0.29, 0.717) is 6.42 Å². The molecule has 0 radical (unpaired) electrons. The fraction of sp³-hybridized carbons (Fsp3) is 0.294. The highest BCUT2D eigenvalue weighted by Crippen LogP contribution is 2.29. The van der Waals surface area contributed by atoms with Crippen molar-refractivity contribution in [2.75, 3.05) is 14.2 Å². The number of halogens is 2. The molecule has 0 saturated heterocycles. The SMILES string of the molecule is CNC(Cc1ccc(F)c(Cl)c1)c1ccc(C)cc1OC. The molecule has 1 N–H and O–H groups in total. The number of hydrogen-bond acceptors (Lipinski definition) is 2. The smallest absolute Gasteiger partial charge is 0.141 e. The van der Waals surface area contributed by atoms with Gasteiger partial charge in [-0.05, 0) is 49.7 Å². The Morgan fingerprint density at radius 2 is 2.00 bits per heavy atom. The van der Waals surface area contributed by atoms with Crippen molar-refractivity contribution in [3.63, 3.8) is 0 Å². The molecule has 0 aliphatic rings. The largest absolute Gasteiger partial charge is 0.496 e. The molecule has 2 nitrogen and oxygen atoms in total. The zero-order chi connectivity index (χ0) is 15.4. The summed E-state index contributed by atoms with van der Waals surface area (Å²) in [5, 5.41) is 3.43. The van der Waals surface area contributed by atoms with E-state index in [-0.39, 0.29) is 11.1 Å². The molecule has 112 valence electrons. The maximum atomic E-state index is 13.2. The van der Waals surface area contributed by atoms with Crippen LogP contribution in [0.15, 0.2) is 36.4 Å². The first-order chi connectivity index (χ1) is 10.0. The minimum Gasteiger partial charge on any atom is -0.496 e. The van der Waals surface area contributed by atoms with Gasteiger partial charge in [-0.15, -0.1) is 0 Å². The first-order valence-corrected chi connectivity index (χ1v) is 7.18. The Morgan fingerprint density at radius 1 is 1.24 bits per heavy atom. The van der Waals surface area contributed by atoms with E-state index in [1.165, 1.54) is 6.07 Å². The number of hydrogen-bond donors (Lipinski definition) is 1. The molecule has 0 heterocycles. The number of methoxy groups -OCH3 is 1. The summed E-state index contributed by atoms with van der Waals surface area (Å²) in [7, 11) is 3.56. The fourth-order valence-electron chi connectivity index (χ4n) is 2.38. The van der Waals surface area contributed by atoms with Gasteiger partial charge >= 0.3 is 0 Å². The van der Waals surface area contributed by atoms with Crippen LogP contribution in [0.5, 0.6) is 5.75 Å². The third-order valence-electron chi connectivity index (χ3n) is 3.54. The Kier molecular flexibility index (Phi) is 5.21. The molecule has 4 heteroatoms. The molecule has 21 heavy (non-hydrogen) atoms. The van der Waals surface area contributed by atoms with Gasteiger partial charge in [0.1, 0.15) is 11.6 Å². The number of aryl methyl sites for hydroxylation is 1. The summed E-state index contributed by atoms with van der Waals surface area (Å²) in [6.07, 6.45) is 0.704. The molecule has 2 rings (SSSR count). The molecule has 2 aromatic carbocycles. The second-order valence-electron chi connectivity index (χ2n) is 5.04. The van der Waals surface area contributed by atoms with Gasteiger partial charge in [0.2, 0.25) is 0 Å². The molecule has 2 aromatic rings. The van der Waals surface area contributed by atoms with E-state index >= 15 is 0 Å². The van der Waals surface area contributed by atoms with Gasteiger partial charge in [-0.3, -0.25) is 0 Å². The molecule has 0 aromatic heterocycles. The number of rotatable bonds is 5. The maximum Gasteiger partial charge on any atom is 0.141 e. The highest BCUT2D eigenvalue weighted by Gasteiger charge is 2.15. The summed E-state index contributed by atoms with van der Waals surface area (Å²) in [4.78, 5) is 0. The molecular weight excluding hydrogens is 289 g/mol. The minimum atomic E-state index is -0.394. The molecule has 0 aliphatic carbocycles. The lowest BCUT2D eigenvalue weighted by Gasteiger charge is -2.20. The Hall–Kier alpha value is -1.58. The van der Waals surface area contributed by atoms with Crippen molar-refractivity contribution < 1.29 is 9.13 Å². The van der Waals surface area contributed by atoms with Crippen LogP contribution in [0.2, 0.25) is 5.02 Å². The van der Waals surface area contributed by atoms with Gasteiger partial charge in [0.05, 0.1) is 12.1 Å². The van der Waals surface area contributed by atoms with Crippen LogP contribution in [0.4, 0.5) is 4.39 Å². The van der Waals surface area contributed by atoms with Gasteiger partial charge in [-0.2, -0.15) is 0 Å². The number of nitrogens with one attached hydrogen (secondary N) is 1. The summed E-state index contributed by atoms with van der Waals surface area (Å²) >= 11 is 5.85. The molecule has 0 bridgehead atoms. The van der Waals surface area contributed by atoms with Crippen LogP contribution >= 0.6 is 11.6 Å². The van der Waals surface area contributed by atoms with Crippen LogP contribution in [0.1, 0.15) is 22.7 Å². The molecule has 0 aliphatic heterocycles. The van der Waals surface area contributed by atoms with Crippen LogP contribution < -0.4 is 10.1 Å². The second kappa shape index (κ2) is 6.92. The Labute approximate surface area is 129 Å². The summed E-state index contributed by atoms with van der Waals surface area (Å²) in [6.45, 7) is 2.03. The normalized spacial score (nSPS) is 12.2. The van der Waals surface area contributed by atoms with Gasteiger partial charge in [0, 0.05) is 11.6 Å². The highest BCUT2D eigenvalue weighted by molar-refractivity contribution is 6.30. The zero-order valence-electron chi connectivity index (χ0n) is 12.4. The third kappa shape index (κ3) is 3.74. The van der Waals surface area contributed by atoms with Gasteiger partial charge in [0.25, 0.3) is 0 Å². The molecule has 0 spiro atoms. The van der Waals surface area contributed by atoms with Gasteiger partial charge < -0.3 is 10.1 Å². The standard InChI is InChI=1S/C17H19ClFNO/c1-11-4-6-13(17(8-11)21-3)16(20-2)10-12-5-7-15(19)14(18)9-12/h4-9,16,20H,10H2,1-3H3. The first-order valence-electron chi connectivity index (χ1n) is 6.81. The van der Waals surface area contributed by atoms with Crippen molar-refractivity contribution >= 4 is 11.6 Å². The summed E-state index contributed by atoms with van der Waals surface area (Å²) in [5.41, 5.74) is 3.20. The van der Waals surface area contributed by atoms with Crippen LogP contribution in [0, 0.1) is 12.7 Å².